The minimum absolute atomic E-state index is 0.0495. The van der Waals surface area contributed by atoms with Crippen LogP contribution in [0.25, 0.3) is 0 Å². The van der Waals surface area contributed by atoms with Crippen LogP contribution in [0, 0.1) is 5.82 Å². The van der Waals surface area contributed by atoms with E-state index < -0.39 is 20.9 Å². The van der Waals surface area contributed by atoms with Crippen molar-refractivity contribution in [3.05, 3.63) is 23.0 Å². The second-order valence-corrected chi connectivity index (χ2v) is 7.17. The molecular formula is C11H14ClFN2O2S. The Morgan fingerprint density at radius 3 is 2.83 bits per heavy atom. The zero-order chi connectivity index (χ0) is 13.3. The number of hydrogen-bond acceptors (Lipinski definition) is 4. The maximum Gasteiger partial charge on any atom is 0.154 e. The van der Waals surface area contributed by atoms with Crippen LogP contribution in [0.1, 0.15) is 12.8 Å². The monoisotopic (exact) mass is 292 g/mol. The molecule has 0 aliphatic carbocycles. The molecule has 100 valence electrons. The SMILES string of the molecule is Nc1cc(Cl)c(F)cc1NCC1CCCS1(=O)=O. The average Bonchev–Trinajstić information content (AvgIpc) is 2.61. The van der Waals surface area contributed by atoms with Gasteiger partial charge in [0.1, 0.15) is 5.82 Å². The molecule has 1 aromatic carbocycles. The minimum Gasteiger partial charge on any atom is -0.397 e. The summed E-state index contributed by atoms with van der Waals surface area (Å²) in [5.74, 6) is -0.355. The van der Waals surface area contributed by atoms with Gasteiger partial charge in [0.15, 0.2) is 9.84 Å². The number of nitrogens with one attached hydrogen (secondary N) is 1. The van der Waals surface area contributed by atoms with Crippen molar-refractivity contribution in [2.45, 2.75) is 18.1 Å². The Bertz CT molecular complexity index is 562. The van der Waals surface area contributed by atoms with E-state index in [-0.39, 0.29) is 17.3 Å². The van der Waals surface area contributed by atoms with Gasteiger partial charge in [0.05, 0.1) is 27.4 Å². The zero-order valence-electron chi connectivity index (χ0n) is 9.62. The fourth-order valence-electron chi connectivity index (χ4n) is 2.03. The number of nitrogen functional groups attached to an aromatic ring is 1. The summed E-state index contributed by atoms with van der Waals surface area (Å²) in [7, 11) is -3.01. The molecule has 1 aliphatic rings. The molecule has 2 rings (SSSR count). The Labute approximate surface area is 110 Å². The van der Waals surface area contributed by atoms with Gasteiger partial charge < -0.3 is 11.1 Å². The summed E-state index contributed by atoms with van der Waals surface area (Å²) in [6, 6.07) is 2.49. The summed E-state index contributed by atoms with van der Waals surface area (Å²) in [6.45, 7) is 0.244. The highest BCUT2D eigenvalue weighted by Gasteiger charge is 2.30. The van der Waals surface area contributed by atoms with Crippen molar-refractivity contribution in [1.29, 1.82) is 0 Å². The average molecular weight is 293 g/mol. The van der Waals surface area contributed by atoms with Crippen LogP contribution in [0.5, 0.6) is 0 Å². The summed E-state index contributed by atoms with van der Waals surface area (Å²) in [6.07, 6.45) is 1.31. The lowest BCUT2D eigenvalue weighted by atomic mass is 10.2. The molecule has 0 spiro atoms. The van der Waals surface area contributed by atoms with Crippen LogP contribution in [0.3, 0.4) is 0 Å². The predicted octanol–water partition coefficient (Wildman–Crippen LogP) is 2.05. The summed E-state index contributed by atoms with van der Waals surface area (Å²) in [4.78, 5) is 0. The van der Waals surface area contributed by atoms with Crippen LogP contribution < -0.4 is 11.1 Å². The summed E-state index contributed by atoms with van der Waals surface area (Å²) in [5.41, 5.74) is 6.36. The highest BCUT2D eigenvalue weighted by Crippen LogP contribution is 2.27. The molecule has 1 heterocycles. The van der Waals surface area contributed by atoms with Gasteiger partial charge in [0, 0.05) is 12.6 Å². The molecule has 0 aromatic heterocycles. The van der Waals surface area contributed by atoms with E-state index in [0.29, 0.717) is 24.2 Å². The largest absolute Gasteiger partial charge is 0.397 e. The maximum atomic E-state index is 13.3. The van der Waals surface area contributed by atoms with Crippen LogP contribution in [0.2, 0.25) is 5.02 Å². The normalized spacial score (nSPS) is 22.0. The van der Waals surface area contributed by atoms with Crippen molar-refractivity contribution in [3.8, 4) is 0 Å². The molecule has 4 nitrogen and oxygen atoms in total. The zero-order valence-corrected chi connectivity index (χ0v) is 11.2. The standard InChI is InChI=1S/C11H14ClFN2O2S/c12-8-4-10(14)11(5-9(8)13)15-6-7-2-1-3-18(7,16)17/h4-5,7,15H,1-3,6,14H2. The Balaban J connectivity index is 2.09. The van der Waals surface area contributed by atoms with Crippen LogP contribution in [0.4, 0.5) is 15.8 Å². The quantitative estimate of drug-likeness (QED) is 0.837. The Kier molecular flexibility index (Phi) is 3.68. The molecular weight excluding hydrogens is 279 g/mol. The molecule has 1 atom stereocenters. The maximum absolute atomic E-state index is 13.3. The van der Waals surface area contributed by atoms with Crippen molar-refractivity contribution < 1.29 is 12.8 Å². The molecule has 1 fully saturated rings. The Morgan fingerprint density at radius 1 is 1.50 bits per heavy atom. The van der Waals surface area contributed by atoms with Gasteiger partial charge in [-0.05, 0) is 18.9 Å². The van der Waals surface area contributed by atoms with Gasteiger partial charge in [-0.25, -0.2) is 12.8 Å². The smallest absolute Gasteiger partial charge is 0.154 e. The van der Waals surface area contributed by atoms with Gasteiger partial charge in [-0.2, -0.15) is 0 Å². The van der Waals surface area contributed by atoms with Crippen molar-refractivity contribution in [2.75, 3.05) is 23.3 Å². The number of benzene rings is 1. The van der Waals surface area contributed by atoms with E-state index in [0.717, 1.165) is 0 Å². The third-order valence-electron chi connectivity index (χ3n) is 3.08. The number of rotatable bonds is 3. The third-order valence-corrected chi connectivity index (χ3v) is 5.64. The number of anilines is 2. The molecule has 0 amide bonds. The van der Waals surface area contributed by atoms with Crippen molar-refractivity contribution in [2.24, 2.45) is 0 Å². The lowest BCUT2D eigenvalue weighted by Gasteiger charge is -2.14. The van der Waals surface area contributed by atoms with E-state index >= 15 is 0 Å². The van der Waals surface area contributed by atoms with Gasteiger partial charge in [-0.3, -0.25) is 0 Å². The third kappa shape index (κ3) is 2.70. The highest BCUT2D eigenvalue weighted by atomic mass is 35.5. The molecule has 0 bridgehead atoms. The second-order valence-electron chi connectivity index (χ2n) is 4.37. The van der Waals surface area contributed by atoms with Gasteiger partial charge in [0.25, 0.3) is 0 Å². The first-order chi connectivity index (χ1) is 8.40. The first-order valence-electron chi connectivity index (χ1n) is 5.60. The molecule has 1 aliphatic heterocycles. The van der Waals surface area contributed by atoms with Gasteiger partial charge in [-0.15, -0.1) is 0 Å². The van der Waals surface area contributed by atoms with Gasteiger partial charge >= 0.3 is 0 Å². The van der Waals surface area contributed by atoms with Crippen LogP contribution in [-0.2, 0) is 9.84 Å². The van der Waals surface area contributed by atoms with Crippen LogP contribution in [-0.4, -0.2) is 26.0 Å². The fraction of sp³-hybridized carbons (Fsp3) is 0.455. The van der Waals surface area contributed by atoms with Crippen molar-refractivity contribution >= 4 is 32.8 Å². The summed E-state index contributed by atoms with van der Waals surface area (Å²) >= 11 is 5.58. The minimum atomic E-state index is -3.01. The summed E-state index contributed by atoms with van der Waals surface area (Å²) < 4.78 is 36.5. The first-order valence-corrected chi connectivity index (χ1v) is 7.69. The second kappa shape index (κ2) is 4.93. The molecule has 3 N–H and O–H groups in total. The van der Waals surface area contributed by atoms with Crippen LogP contribution >= 0.6 is 11.6 Å². The Hall–Kier alpha value is -1.01. The van der Waals surface area contributed by atoms with E-state index in [2.05, 4.69) is 5.32 Å². The molecule has 1 saturated heterocycles. The highest BCUT2D eigenvalue weighted by molar-refractivity contribution is 7.92. The molecule has 1 unspecified atom stereocenters. The molecule has 18 heavy (non-hydrogen) atoms. The molecule has 1 aromatic rings. The Morgan fingerprint density at radius 2 is 2.22 bits per heavy atom. The molecule has 7 heteroatoms. The van der Waals surface area contributed by atoms with E-state index in [4.69, 9.17) is 17.3 Å². The lowest BCUT2D eigenvalue weighted by Crippen LogP contribution is -2.25. The summed E-state index contributed by atoms with van der Waals surface area (Å²) in [5, 5.41) is 2.41. The molecule has 0 radical (unpaired) electrons. The predicted molar refractivity (Wildman–Crippen MR) is 71.1 cm³/mol. The lowest BCUT2D eigenvalue weighted by molar-refractivity contribution is 0.591. The topological polar surface area (TPSA) is 72.2 Å². The molecule has 0 saturated carbocycles. The number of halogens is 2. The fourth-order valence-corrected chi connectivity index (χ4v) is 3.96. The van der Waals surface area contributed by atoms with E-state index in [1.165, 1.54) is 12.1 Å². The van der Waals surface area contributed by atoms with Gasteiger partial charge in [-0.1, -0.05) is 11.6 Å². The van der Waals surface area contributed by atoms with E-state index in [1.54, 1.807) is 0 Å². The van der Waals surface area contributed by atoms with Crippen LogP contribution in [0.15, 0.2) is 12.1 Å². The van der Waals surface area contributed by atoms with Gasteiger partial charge in [0.2, 0.25) is 0 Å². The van der Waals surface area contributed by atoms with E-state index in [9.17, 15) is 12.8 Å². The van der Waals surface area contributed by atoms with Crippen molar-refractivity contribution in [3.63, 3.8) is 0 Å². The number of sulfone groups is 1. The van der Waals surface area contributed by atoms with Crippen molar-refractivity contribution in [1.82, 2.24) is 0 Å². The number of hydrogen-bond donors (Lipinski definition) is 2. The number of nitrogens with two attached hydrogens (primary N) is 1. The first kappa shape index (κ1) is 13.4. The van der Waals surface area contributed by atoms with E-state index in [1.807, 2.05) is 0 Å².